The zero-order valence-corrected chi connectivity index (χ0v) is 16.4. The summed E-state index contributed by atoms with van der Waals surface area (Å²) in [6.45, 7) is 3.60. The Morgan fingerprint density at radius 3 is 2.50 bits per heavy atom. The van der Waals surface area contributed by atoms with Crippen LogP contribution in [0.25, 0.3) is 0 Å². The Morgan fingerprint density at radius 1 is 1.04 bits per heavy atom. The number of anilines is 4. The second-order valence-corrected chi connectivity index (χ2v) is 6.65. The number of ether oxygens (including phenoxy) is 1. The van der Waals surface area contributed by atoms with Crippen molar-refractivity contribution in [2.24, 2.45) is 0 Å². The molecule has 0 aliphatic carbocycles. The van der Waals surface area contributed by atoms with Crippen molar-refractivity contribution in [2.45, 2.75) is 26.3 Å². The van der Waals surface area contributed by atoms with Crippen LogP contribution in [0.4, 0.5) is 23.0 Å². The third kappa shape index (κ3) is 5.13. The van der Waals surface area contributed by atoms with E-state index in [4.69, 9.17) is 10.5 Å². The van der Waals surface area contributed by atoms with Crippen LogP contribution in [0.2, 0.25) is 0 Å². The summed E-state index contributed by atoms with van der Waals surface area (Å²) in [4.78, 5) is 10.7. The Bertz CT molecular complexity index is 868. The van der Waals surface area contributed by atoms with E-state index >= 15 is 0 Å². The fourth-order valence-corrected chi connectivity index (χ4v) is 2.83. The minimum atomic E-state index is 0.518. The van der Waals surface area contributed by atoms with E-state index in [0.717, 1.165) is 30.9 Å². The Balaban J connectivity index is 1.68. The monoisotopic (exact) mass is 377 g/mol. The zero-order valence-electron chi connectivity index (χ0n) is 16.4. The highest BCUT2D eigenvalue weighted by atomic mass is 16.5. The maximum absolute atomic E-state index is 6.34. The summed E-state index contributed by atoms with van der Waals surface area (Å²) in [5.41, 5.74) is 8.94. The van der Waals surface area contributed by atoms with E-state index < -0.39 is 0 Å². The van der Waals surface area contributed by atoms with Gasteiger partial charge in [0, 0.05) is 19.3 Å². The van der Waals surface area contributed by atoms with Crippen molar-refractivity contribution < 1.29 is 4.74 Å². The number of nitrogens with two attached hydrogens (primary N) is 1. The van der Waals surface area contributed by atoms with Gasteiger partial charge in [0.05, 0.1) is 6.61 Å². The van der Waals surface area contributed by atoms with Gasteiger partial charge in [-0.3, -0.25) is 0 Å². The van der Waals surface area contributed by atoms with Gasteiger partial charge in [0.1, 0.15) is 17.8 Å². The van der Waals surface area contributed by atoms with Gasteiger partial charge in [-0.1, -0.05) is 43.7 Å². The molecular weight excluding hydrogens is 350 g/mol. The molecule has 3 rings (SSSR count). The van der Waals surface area contributed by atoms with Gasteiger partial charge in [0.15, 0.2) is 11.6 Å². The first-order valence-corrected chi connectivity index (χ1v) is 9.52. The predicted octanol–water partition coefficient (Wildman–Crippen LogP) is 4.62. The fourth-order valence-electron chi connectivity index (χ4n) is 2.83. The molecule has 0 aliphatic heterocycles. The smallest absolute Gasteiger partial charge is 0.159 e. The summed E-state index contributed by atoms with van der Waals surface area (Å²) in [5.74, 6) is 2.14. The van der Waals surface area contributed by atoms with Crippen molar-refractivity contribution in [3.63, 3.8) is 0 Å². The van der Waals surface area contributed by atoms with E-state index in [-0.39, 0.29) is 0 Å². The number of unbranched alkanes of at least 4 members (excludes halogenated alkanes) is 1. The lowest BCUT2D eigenvalue weighted by atomic mass is 10.2. The minimum Gasteiger partial charge on any atom is -0.494 e. The Morgan fingerprint density at radius 2 is 1.79 bits per heavy atom. The van der Waals surface area contributed by atoms with E-state index in [1.807, 2.05) is 54.4 Å². The third-order valence-electron chi connectivity index (χ3n) is 4.37. The number of aromatic nitrogens is 2. The molecule has 3 aromatic rings. The predicted molar refractivity (Wildman–Crippen MR) is 115 cm³/mol. The maximum atomic E-state index is 6.34. The molecule has 3 N–H and O–H groups in total. The number of nitrogens with one attached hydrogen (secondary N) is 1. The van der Waals surface area contributed by atoms with Crippen LogP contribution in [0, 0.1) is 0 Å². The second kappa shape index (κ2) is 9.60. The summed E-state index contributed by atoms with van der Waals surface area (Å²) in [6.07, 6.45) is 3.70. The number of benzene rings is 2. The lowest BCUT2D eigenvalue weighted by Crippen LogP contribution is -2.20. The normalized spacial score (nSPS) is 10.5. The molecule has 0 radical (unpaired) electrons. The molecule has 0 saturated carbocycles. The SMILES string of the molecule is CCCCOc1ccc(Nc2ncnc(N(C)Cc3ccccc3)c2N)cc1. The number of nitrogen functional groups attached to an aromatic ring is 1. The van der Waals surface area contributed by atoms with E-state index in [0.29, 0.717) is 23.9 Å². The Kier molecular flexibility index (Phi) is 6.68. The lowest BCUT2D eigenvalue weighted by Gasteiger charge is -2.21. The summed E-state index contributed by atoms with van der Waals surface area (Å²) in [7, 11) is 1.97. The highest BCUT2D eigenvalue weighted by Gasteiger charge is 2.13. The topological polar surface area (TPSA) is 76.3 Å². The molecule has 6 heteroatoms. The van der Waals surface area contributed by atoms with Crippen LogP contribution in [0.1, 0.15) is 25.3 Å². The summed E-state index contributed by atoms with van der Waals surface area (Å²) >= 11 is 0. The average Bonchev–Trinajstić information content (AvgIpc) is 2.72. The van der Waals surface area contributed by atoms with Crippen LogP contribution >= 0.6 is 0 Å². The van der Waals surface area contributed by atoms with Gasteiger partial charge in [-0.05, 0) is 36.2 Å². The standard InChI is InChI=1S/C22H27N5O/c1-3-4-14-28-19-12-10-18(11-13-19)26-21-20(23)22(25-16-24-21)27(2)15-17-8-6-5-7-9-17/h5-13,16H,3-4,14-15,23H2,1-2H3,(H,24,25,26). The molecule has 28 heavy (non-hydrogen) atoms. The van der Waals surface area contributed by atoms with Crippen molar-refractivity contribution >= 4 is 23.0 Å². The molecule has 0 bridgehead atoms. The minimum absolute atomic E-state index is 0.518. The Labute approximate surface area is 166 Å². The van der Waals surface area contributed by atoms with Crippen LogP contribution in [-0.4, -0.2) is 23.6 Å². The highest BCUT2D eigenvalue weighted by molar-refractivity contribution is 5.78. The van der Waals surface area contributed by atoms with Gasteiger partial charge in [-0.15, -0.1) is 0 Å². The van der Waals surface area contributed by atoms with Crippen LogP contribution in [0.3, 0.4) is 0 Å². The molecular formula is C22H27N5O. The molecule has 0 fully saturated rings. The first-order chi connectivity index (χ1) is 13.7. The molecule has 146 valence electrons. The molecule has 0 aliphatic rings. The zero-order chi connectivity index (χ0) is 19.8. The van der Waals surface area contributed by atoms with Crippen molar-refractivity contribution in [2.75, 3.05) is 29.6 Å². The summed E-state index contributed by atoms with van der Waals surface area (Å²) in [5, 5.41) is 3.27. The quantitative estimate of drug-likeness (QED) is 0.530. The van der Waals surface area contributed by atoms with Gasteiger partial charge in [0.25, 0.3) is 0 Å². The lowest BCUT2D eigenvalue weighted by molar-refractivity contribution is 0.309. The number of hydrogen-bond acceptors (Lipinski definition) is 6. The number of rotatable bonds is 9. The highest BCUT2D eigenvalue weighted by Crippen LogP contribution is 2.29. The van der Waals surface area contributed by atoms with Crippen LogP contribution in [0.5, 0.6) is 5.75 Å². The van der Waals surface area contributed by atoms with E-state index in [9.17, 15) is 0 Å². The van der Waals surface area contributed by atoms with E-state index in [1.54, 1.807) is 0 Å². The van der Waals surface area contributed by atoms with E-state index in [1.165, 1.54) is 11.9 Å². The van der Waals surface area contributed by atoms with Crippen molar-refractivity contribution in [1.82, 2.24) is 9.97 Å². The molecule has 0 atom stereocenters. The van der Waals surface area contributed by atoms with Crippen molar-refractivity contribution in [3.05, 3.63) is 66.5 Å². The first-order valence-electron chi connectivity index (χ1n) is 9.52. The van der Waals surface area contributed by atoms with E-state index in [2.05, 4.69) is 34.3 Å². The molecule has 1 aromatic heterocycles. The Hall–Kier alpha value is -3.28. The van der Waals surface area contributed by atoms with Gasteiger partial charge >= 0.3 is 0 Å². The van der Waals surface area contributed by atoms with Gasteiger partial charge in [0.2, 0.25) is 0 Å². The molecule has 2 aromatic carbocycles. The van der Waals surface area contributed by atoms with Crippen molar-refractivity contribution in [3.8, 4) is 5.75 Å². The summed E-state index contributed by atoms with van der Waals surface area (Å²) in [6, 6.07) is 18.0. The molecule has 0 spiro atoms. The number of nitrogens with zero attached hydrogens (tertiary/aromatic N) is 3. The average molecular weight is 377 g/mol. The maximum Gasteiger partial charge on any atom is 0.159 e. The largest absolute Gasteiger partial charge is 0.494 e. The third-order valence-corrected chi connectivity index (χ3v) is 4.37. The number of hydrogen-bond donors (Lipinski definition) is 2. The van der Waals surface area contributed by atoms with Crippen LogP contribution < -0.4 is 20.7 Å². The van der Waals surface area contributed by atoms with Crippen LogP contribution in [0.15, 0.2) is 60.9 Å². The fraction of sp³-hybridized carbons (Fsp3) is 0.273. The molecule has 6 nitrogen and oxygen atoms in total. The van der Waals surface area contributed by atoms with Crippen LogP contribution in [-0.2, 0) is 6.54 Å². The molecule has 0 unspecified atom stereocenters. The summed E-state index contributed by atoms with van der Waals surface area (Å²) < 4.78 is 5.70. The van der Waals surface area contributed by atoms with Gasteiger partial charge in [-0.25, -0.2) is 9.97 Å². The van der Waals surface area contributed by atoms with Gasteiger partial charge in [-0.2, -0.15) is 0 Å². The molecule has 1 heterocycles. The second-order valence-electron chi connectivity index (χ2n) is 6.65. The first kappa shape index (κ1) is 19.5. The molecule has 0 saturated heterocycles. The van der Waals surface area contributed by atoms with Crippen molar-refractivity contribution in [1.29, 1.82) is 0 Å². The van der Waals surface area contributed by atoms with Gasteiger partial charge < -0.3 is 20.7 Å². The molecule has 0 amide bonds.